The molecule has 3 aliphatic heterocycles. The predicted octanol–water partition coefficient (Wildman–Crippen LogP) is -4.08. The van der Waals surface area contributed by atoms with E-state index >= 15 is 0 Å². The van der Waals surface area contributed by atoms with E-state index in [1.807, 2.05) is 13.8 Å². The van der Waals surface area contributed by atoms with Crippen LogP contribution in [0, 0.1) is 0 Å². The van der Waals surface area contributed by atoms with Crippen molar-refractivity contribution >= 4 is 19.7 Å². The van der Waals surface area contributed by atoms with Gasteiger partial charge in [-0.15, -0.1) is 0 Å². The number of nitrogens with two attached hydrogens (primary N) is 5. The maximum atomic E-state index is 13.4. The van der Waals surface area contributed by atoms with Gasteiger partial charge in [0.2, 0.25) is 0 Å². The van der Waals surface area contributed by atoms with Gasteiger partial charge >= 0.3 is 0 Å². The first kappa shape index (κ1) is 51.9. The second-order valence-corrected chi connectivity index (χ2v) is 21.3. The van der Waals surface area contributed by atoms with Crippen LogP contribution in [0.2, 0.25) is 0 Å². The number of ether oxygens (including phenoxy) is 6. The molecule has 4 rings (SSSR count). The SMILES string of the molecule is CCCCCCCS(=O)(=O)C[C@H]1O[C@H](O[C@H]2[C@H](O[C@@H]3O[C@H](CS(=O)(=O)CCCCCCC)[C@@H](O[C@H]4OC(CN)[C@@H](O)[C@H](O)[C@H]4N)[C@H]3O)[C@@H](O)[C@H](N)C[C@@H]2N)[C@H](N)[C@@H](O)[C@@H]1O. The maximum Gasteiger partial charge on any atom is 0.187 e. The first-order chi connectivity index (χ1) is 28.2. The highest BCUT2D eigenvalue weighted by atomic mass is 32.2. The van der Waals surface area contributed by atoms with Crippen molar-refractivity contribution in [3.63, 3.8) is 0 Å². The maximum absolute atomic E-state index is 13.4. The minimum atomic E-state index is -3.84. The Kier molecular flexibility index (Phi) is 20.2. The van der Waals surface area contributed by atoms with Crippen LogP contribution in [-0.2, 0) is 48.1 Å². The molecule has 0 amide bonds. The van der Waals surface area contributed by atoms with Crippen molar-refractivity contribution in [2.75, 3.05) is 29.6 Å². The highest BCUT2D eigenvalue weighted by molar-refractivity contribution is 7.91. The molecular formula is C37H73N5O16S2. The topological polar surface area (TPSA) is 375 Å². The summed E-state index contributed by atoms with van der Waals surface area (Å²) in [5.74, 6) is -1.63. The highest BCUT2D eigenvalue weighted by Gasteiger charge is 2.55. The summed E-state index contributed by atoms with van der Waals surface area (Å²) >= 11 is 0. The van der Waals surface area contributed by atoms with E-state index in [9.17, 15) is 47.5 Å². The molecule has 0 bridgehead atoms. The molecule has 4 aliphatic rings. The lowest BCUT2D eigenvalue weighted by molar-refractivity contribution is -0.305. The fourth-order valence-electron chi connectivity index (χ4n) is 8.19. The van der Waals surface area contributed by atoms with Gasteiger partial charge in [-0.05, 0) is 19.3 Å². The summed E-state index contributed by atoms with van der Waals surface area (Å²) in [4.78, 5) is 0. The minimum absolute atomic E-state index is 0.0268. The lowest BCUT2D eigenvalue weighted by atomic mass is 9.84. The number of sulfone groups is 2. The predicted molar refractivity (Wildman–Crippen MR) is 217 cm³/mol. The van der Waals surface area contributed by atoms with E-state index in [1.54, 1.807) is 0 Å². The molecule has 0 aromatic rings. The molecule has 0 aromatic heterocycles. The molecule has 19 atom stereocenters. The molecule has 60 heavy (non-hydrogen) atoms. The van der Waals surface area contributed by atoms with Gasteiger partial charge in [0, 0.05) is 18.6 Å². The third-order valence-electron chi connectivity index (χ3n) is 11.9. The summed E-state index contributed by atoms with van der Waals surface area (Å²) in [6.45, 7) is 3.84. The first-order valence-corrected chi connectivity index (χ1v) is 25.0. The summed E-state index contributed by atoms with van der Waals surface area (Å²) in [5, 5.41) is 65.8. The Labute approximate surface area is 353 Å². The van der Waals surface area contributed by atoms with Crippen LogP contribution < -0.4 is 28.7 Å². The van der Waals surface area contributed by atoms with E-state index in [1.165, 1.54) is 0 Å². The number of rotatable bonds is 23. The molecule has 1 saturated carbocycles. The van der Waals surface area contributed by atoms with E-state index in [0.29, 0.717) is 25.7 Å². The lowest BCUT2D eigenvalue weighted by Crippen LogP contribution is -2.68. The zero-order valence-electron chi connectivity index (χ0n) is 34.8. The Bertz CT molecular complexity index is 1510. The smallest absolute Gasteiger partial charge is 0.187 e. The van der Waals surface area contributed by atoms with Gasteiger partial charge in [0.15, 0.2) is 38.5 Å². The third kappa shape index (κ3) is 13.6. The summed E-state index contributed by atoms with van der Waals surface area (Å²) < 4.78 is 88.9. The number of hydrogen-bond acceptors (Lipinski definition) is 21. The van der Waals surface area contributed by atoms with Crippen LogP contribution in [0.5, 0.6) is 0 Å². The van der Waals surface area contributed by atoms with Crippen LogP contribution in [0.4, 0.5) is 0 Å². The van der Waals surface area contributed by atoms with Crippen LogP contribution >= 0.6 is 0 Å². The molecule has 0 radical (unpaired) electrons. The number of hydrogen-bond donors (Lipinski definition) is 11. The first-order valence-electron chi connectivity index (χ1n) is 21.4. The molecule has 1 aliphatic carbocycles. The molecule has 3 saturated heterocycles. The Morgan fingerprint density at radius 3 is 1.45 bits per heavy atom. The van der Waals surface area contributed by atoms with Crippen molar-refractivity contribution in [3.05, 3.63) is 0 Å². The van der Waals surface area contributed by atoms with E-state index < -0.39 is 147 Å². The Balaban J connectivity index is 1.55. The fraction of sp³-hybridized carbons (Fsp3) is 1.00. The summed E-state index contributed by atoms with van der Waals surface area (Å²) in [6.07, 6.45) is -15.2. The molecular weight excluding hydrogens is 835 g/mol. The molecule has 21 nitrogen and oxygen atoms in total. The highest BCUT2D eigenvalue weighted by Crippen LogP contribution is 2.35. The molecule has 1 unspecified atom stereocenters. The van der Waals surface area contributed by atoms with Crippen LogP contribution in [0.1, 0.15) is 84.5 Å². The Morgan fingerprint density at radius 2 is 0.933 bits per heavy atom. The number of unbranched alkanes of at least 4 members (excludes halogenated alkanes) is 8. The van der Waals surface area contributed by atoms with Gasteiger partial charge in [0.05, 0.1) is 41.2 Å². The fourth-order valence-corrected chi connectivity index (χ4v) is 11.4. The van der Waals surface area contributed by atoms with Gasteiger partial charge in [-0.3, -0.25) is 0 Å². The van der Waals surface area contributed by atoms with Crippen molar-refractivity contribution in [1.82, 2.24) is 0 Å². The van der Waals surface area contributed by atoms with Crippen LogP contribution in [0.25, 0.3) is 0 Å². The van der Waals surface area contributed by atoms with Crippen molar-refractivity contribution in [1.29, 1.82) is 0 Å². The Hall–Kier alpha value is -0.780. The monoisotopic (exact) mass is 907 g/mol. The molecule has 16 N–H and O–H groups in total. The average Bonchev–Trinajstić information content (AvgIpc) is 3.46. The summed E-state index contributed by atoms with van der Waals surface area (Å²) in [5.41, 5.74) is 30.8. The van der Waals surface area contributed by atoms with Crippen molar-refractivity contribution < 1.29 is 75.9 Å². The summed E-state index contributed by atoms with van der Waals surface area (Å²) in [7, 11) is -7.60. The minimum Gasteiger partial charge on any atom is -0.389 e. The van der Waals surface area contributed by atoms with Crippen LogP contribution in [-0.4, -0.2) is 193 Å². The van der Waals surface area contributed by atoms with E-state index in [-0.39, 0.29) is 24.5 Å². The van der Waals surface area contributed by atoms with E-state index in [0.717, 1.165) is 38.5 Å². The average molecular weight is 908 g/mol. The molecule has 23 heteroatoms. The second kappa shape index (κ2) is 23.4. The van der Waals surface area contributed by atoms with Crippen molar-refractivity contribution in [2.24, 2.45) is 28.7 Å². The van der Waals surface area contributed by atoms with Crippen molar-refractivity contribution in [2.45, 2.75) is 201 Å². The molecule has 4 fully saturated rings. The van der Waals surface area contributed by atoms with Crippen LogP contribution in [0.15, 0.2) is 0 Å². The molecule has 0 spiro atoms. The van der Waals surface area contributed by atoms with Gasteiger partial charge in [-0.25, -0.2) is 16.8 Å². The number of aliphatic hydroxyl groups excluding tert-OH is 6. The van der Waals surface area contributed by atoms with Crippen molar-refractivity contribution in [3.8, 4) is 0 Å². The number of aliphatic hydroxyl groups is 6. The standard InChI is InChI=1S/C37H73N5O16S2/c1-3-5-7-9-11-13-59(49,50)17-22-28(45)30(47)25(42)36(54-22)56-32-20(40)15-19(39)26(43)34(32)58-37-31(48)33(57-35-24(41)29(46)27(44)21(16-38)53-35)23(55-37)18-60(51,52)14-12-10-8-6-4-2/h19-37,43-48H,3-18,38-42H2,1-2H3/t19-,20+,21?,22-,23-,24-,25-,26+,27-,28-,29-,30-,31-,32-,33-,34-,35-,36-,37+/m1/s1. The van der Waals surface area contributed by atoms with Gasteiger partial charge in [0.1, 0.15) is 67.1 Å². The van der Waals surface area contributed by atoms with Gasteiger partial charge < -0.3 is 87.7 Å². The third-order valence-corrected chi connectivity index (χ3v) is 15.4. The zero-order chi connectivity index (χ0) is 44.5. The van der Waals surface area contributed by atoms with Gasteiger partial charge in [-0.1, -0.05) is 65.2 Å². The largest absolute Gasteiger partial charge is 0.389 e. The van der Waals surface area contributed by atoms with E-state index in [2.05, 4.69) is 0 Å². The summed E-state index contributed by atoms with van der Waals surface area (Å²) in [6, 6.07) is -4.81. The second-order valence-electron chi connectivity index (χ2n) is 16.9. The molecule has 3 heterocycles. The zero-order valence-corrected chi connectivity index (χ0v) is 36.4. The Morgan fingerprint density at radius 1 is 0.500 bits per heavy atom. The molecule has 354 valence electrons. The molecule has 0 aromatic carbocycles. The normalized spacial score (nSPS) is 41.8. The van der Waals surface area contributed by atoms with E-state index in [4.69, 9.17) is 57.1 Å². The van der Waals surface area contributed by atoms with Crippen LogP contribution in [0.3, 0.4) is 0 Å². The van der Waals surface area contributed by atoms with Gasteiger partial charge in [0.25, 0.3) is 0 Å². The van der Waals surface area contributed by atoms with Gasteiger partial charge in [-0.2, -0.15) is 0 Å². The lowest BCUT2D eigenvalue weighted by Gasteiger charge is -2.47. The quantitative estimate of drug-likeness (QED) is 0.0434.